The second-order valence-corrected chi connectivity index (χ2v) is 5.70. The molecule has 1 saturated heterocycles. The van der Waals surface area contributed by atoms with E-state index in [0.717, 1.165) is 37.3 Å². The average Bonchev–Trinajstić information content (AvgIpc) is 3.22. The van der Waals surface area contributed by atoms with E-state index in [4.69, 9.17) is 0 Å². The molecule has 0 saturated carbocycles. The lowest BCUT2D eigenvalue weighted by atomic mass is 10.2. The van der Waals surface area contributed by atoms with Gasteiger partial charge in [0.05, 0.1) is 18.6 Å². The molecule has 0 bridgehead atoms. The van der Waals surface area contributed by atoms with Gasteiger partial charge in [0, 0.05) is 6.04 Å². The van der Waals surface area contributed by atoms with Crippen LogP contribution in [0.1, 0.15) is 18.7 Å². The number of likely N-dealkylation sites (tertiary alicyclic amines) is 1. The molecule has 1 fully saturated rings. The van der Waals surface area contributed by atoms with Crippen LogP contribution in [-0.4, -0.2) is 42.2 Å². The number of fused-ring (bicyclic) bond motifs is 1. The van der Waals surface area contributed by atoms with E-state index in [1.165, 1.54) is 6.07 Å². The van der Waals surface area contributed by atoms with Crippen LogP contribution in [-0.2, 0) is 13.1 Å². The smallest absolute Gasteiger partial charge is 0.151 e. The molecule has 0 spiro atoms. The van der Waals surface area contributed by atoms with Crippen molar-refractivity contribution < 1.29 is 4.39 Å². The summed E-state index contributed by atoms with van der Waals surface area (Å²) < 4.78 is 15.6. The molecule has 3 heterocycles. The highest BCUT2D eigenvalue weighted by Crippen LogP contribution is 2.22. The van der Waals surface area contributed by atoms with E-state index < -0.39 is 0 Å². The molecule has 0 aliphatic carbocycles. The molecule has 4 rings (SSSR count). The minimum absolute atomic E-state index is 0.277. The highest BCUT2D eigenvalue weighted by Gasteiger charge is 2.26. The Hall–Kier alpha value is -2.28. The number of hydrogen-bond acceptors (Lipinski definition) is 4. The Morgan fingerprint density at radius 3 is 3.14 bits per heavy atom. The van der Waals surface area contributed by atoms with Gasteiger partial charge >= 0.3 is 0 Å². The van der Waals surface area contributed by atoms with Crippen molar-refractivity contribution in [1.82, 2.24) is 29.6 Å². The molecule has 1 aromatic carbocycles. The van der Waals surface area contributed by atoms with Crippen molar-refractivity contribution in [3.63, 3.8) is 0 Å². The van der Waals surface area contributed by atoms with Gasteiger partial charge in [0.2, 0.25) is 0 Å². The zero-order chi connectivity index (χ0) is 14.9. The highest BCUT2D eigenvalue weighted by atomic mass is 19.1. The molecule has 1 atom stereocenters. The summed E-state index contributed by atoms with van der Waals surface area (Å²) >= 11 is 0. The first-order valence-electron chi connectivity index (χ1n) is 7.49. The molecule has 22 heavy (non-hydrogen) atoms. The lowest BCUT2D eigenvalue weighted by Crippen LogP contribution is -2.33. The van der Waals surface area contributed by atoms with Crippen LogP contribution in [0.2, 0.25) is 0 Å². The maximum atomic E-state index is 13.7. The number of hydrogen-bond donors (Lipinski definition) is 1. The number of para-hydroxylation sites is 1. The molecule has 1 N–H and O–H groups in total. The van der Waals surface area contributed by atoms with Crippen molar-refractivity contribution in [3.05, 3.63) is 42.5 Å². The van der Waals surface area contributed by atoms with Crippen molar-refractivity contribution in [2.24, 2.45) is 0 Å². The Labute approximate surface area is 127 Å². The number of nitrogens with one attached hydrogen (secondary N) is 1. The summed E-state index contributed by atoms with van der Waals surface area (Å²) in [7, 11) is 0. The quantitative estimate of drug-likeness (QED) is 0.800. The summed E-state index contributed by atoms with van der Waals surface area (Å²) in [6.07, 6.45) is 5.59. The first-order chi connectivity index (χ1) is 10.8. The van der Waals surface area contributed by atoms with Crippen molar-refractivity contribution >= 4 is 11.0 Å². The summed E-state index contributed by atoms with van der Waals surface area (Å²) in [6.45, 7) is 2.56. The normalized spacial score (nSPS) is 19.2. The molecule has 6 nitrogen and oxygen atoms in total. The van der Waals surface area contributed by atoms with Crippen molar-refractivity contribution in [1.29, 1.82) is 0 Å². The topological polar surface area (TPSA) is 62.6 Å². The summed E-state index contributed by atoms with van der Waals surface area (Å²) in [5.41, 5.74) is 1.17. The van der Waals surface area contributed by atoms with Gasteiger partial charge in [0.25, 0.3) is 0 Å². The van der Waals surface area contributed by atoms with E-state index in [2.05, 4.69) is 25.0 Å². The van der Waals surface area contributed by atoms with Crippen LogP contribution in [0.15, 0.2) is 30.9 Å². The molecular formula is C15H17FN6. The van der Waals surface area contributed by atoms with Gasteiger partial charge in [-0.25, -0.2) is 14.4 Å². The van der Waals surface area contributed by atoms with Crippen molar-refractivity contribution in [2.45, 2.75) is 32.0 Å². The summed E-state index contributed by atoms with van der Waals surface area (Å²) in [5, 5.41) is 4.17. The van der Waals surface area contributed by atoms with Gasteiger partial charge in [0.1, 0.15) is 24.0 Å². The molecule has 0 unspecified atom stereocenters. The molecule has 7 heteroatoms. The summed E-state index contributed by atoms with van der Waals surface area (Å²) in [6, 6.07) is 5.41. The lowest BCUT2D eigenvalue weighted by Gasteiger charge is -2.23. The summed E-state index contributed by atoms with van der Waals surface area (Å²) in [4.78, 5) is 14.0. The number of imidazole rings is 1. The third kappa shape index (κ3) is 2.48. The molecule has 1 aliphatic rings. The van der Waals surface area contributed by atoms with E-state index in [-0.39, 0.29) is 5.82 Å². The van der Waals surface area contributed by atoms with Crippen molar-refractivity contribution in [2.75, 3.05) is 6.54 Å². The second-order valence-electron chi connectivity index (χ2n) is 5.70. The number of aromatic amines is 1. The third-order valence-corrected chi connectivity index (χ3v) is 4.23. The van der Waals surface area contributed by atoms with E-state index in [0.29, 0.717) is 18.1 Å². The molecule has 114 valence electrons. The Balaban J connectivity index is 1.52. The van der Waals surface area contributed by atoms with Gasteiger partial charge in [-0.3, -0.25) is 9.58 Å². The van der Waals surface area contributed by atoms with Crippen LogP contribution in [0.4, 0.5) is 4.39 Å². The average molecular weight is 300 g/mol. The molecule has 3 aromatic rings. The Kier molecular flexibility index (Phi) is 3.34. The van der Waals surface area contributed by atoms with Crippen LogP contribution in [0, 0.1) is 5.82 Å². The van der Waals surface area contributed by atoms with E-state index in [1.807, 2.05) is 10.7 Å². The van der Waals surface area contributed by atoms with E-state index in [9.17, 15) is 4.39 Å². The largest absolute Gasteiger partial charge is 0.341 e. The maximum absolute atomic E-state index is 13.7. The fourth-order valence-corrected chi connectivity index (χ4v) is 3.17. The van der Waals surface area contributed by atoms with Crippen LogP contribution >= 0.6 is 0 Å². The van der Waals surface area contributed by atoms with Gasteiger partial charge in [-0.2, -0.15) is 5.10 Å². The highest BCUT2D eigenvalue weighted by molar-refractivity contribution is 5.75. The van der Waals surface area contributed by atoms with Gasteiger partial charge in [-0.15, -0.1) is 0 Å². The second kappa shape index (κ2) is 5.49. The van der Waals surface area contributed by atoms with Crippen molar-refractivity contribution in [3.8, 4) is 0 Å². The first-order valence-corrected chi connectivity index (χ1v) is 7.49. The molecule has 1 aliphatic heterocycles. The number of aromatic nitrogens is 5. The van der Waals surface area contributed by atoms with Gasteiger partial charge in [-0.05, 0) is 31.5 Å². The molecule has 0 radical (unpaired) electrons. The number of nitrogens with zero attached hydrogens (tertiary/aromatic N) is 5. The lowest BCUT2D eigenvalue weighted by molar-refractivity contribution is 0.215. The number of rotatable bonds is 4. The SMILES string of the molecule is Fc1cccc2[nH]c(CN3CCC[C@H]3Cn3cncn3)nc12. The van der Waals surface area contributed by atoms with E-state index >= 15 is 0 Å². The number of benzene rings is 1. The van der Waals surface area contributed by atoms with Gasteiger partial charge in [-0.1, -0.05) is 6.07 Å². The molecule has 0 amide bonds. The zero-order valence-corrected chi connectivity index (χ0v) is 12.1. The van der Waals surface area contributed by atoms with Crippen LogP contribution in [0.25, 0.3) is 11.0 Å². The predicted molar refractivity (Wildman–Crippen MR) is 79.5 cm³/mol. The van der Waals surface area contributed by atoms with Crippen LogP contribution in [0.5, 0.6) is 0 Å². The first kappa shape index (κ1) is 13.4. The van der Waals surface area contributed by atoms with Crippen LogP contribution < -0.4 is 0 Å². The fraction of sp³-hybridized carbons (Fsp3) is 0.400. The summed E-state index contributed by atoms with van der Waals surface area (Å²) in [5.74, 6) is 0.533. The van der Waals surface area contributed by atoms with Gasteiger partial charge in [0.15, 0.2) is 5.82 Å². The fourth-order valence-electron chi connectivity index (χ4n) is 3.17. The van der Waals surface area contributed by atoms with Gasteiger partial charge < -0.3 is 4.98 Å². The third-order valence-electron chi connectivity index (χ3n) is 4.23. The molecular weight excluding hydrogens is 283 g/mol. The standard InChI is InChI=1S/C15H17FN6/c16-12-4-1-5-13-15(12)20-14(19-13)8-21-6-2-3-11(21)7-22-10-17-9-18-22/h1,4-5,9-11H,2-3,6-8H2,(H,19,20)/t11-/m0/s1. The predicted octanol–water partition coefficient (Wildman–Crippen LogP) is 1.96. The minimum atomic E-state index is -0.277. The Morgan fingerprint density at radius 2 is 2.32 bits per heavy atom. The maximum Gasteiger partial charge on any atom is 0.151 e. The zero-order valence-electron chi connectivity index (χ0n) is 12.1. The van der Waals surface area contributed by atoms with E-state index in [1.54, 1.807) is 18.7 Å². The Bertz CT molecular complexity index is 766. The monoisotopic (exact) mass is 300 g/mol. The Morgan fingerprint density at radius 1 is 1.36 bits per heavy atom. The number of halogens is 1. The molecule has 2 aromatic heterocycles. The van der Waals surface area contributed by atoms with Crippen LogP contribution in [0.3, 0.4) is 0 Å². The number of H-pyrrole nitrogens is 1. The minimum Gasteiger partial charge on any atom is -0.341 e.